The number of carbonyl (C=O) groups is 1. The summed E-state index contributed by atoms with van der Waals surface area (Å²) in [6.07, 6.45) is 3.36. The Bertz CT molecular complexity index is 467. The molecule has 1 fully saturated rings. The monoisotopic (exact) mass is 309 g/mol. The number of nitrogens with one attached hydrogen (secondary N) is 1. The Morgan fingerprint density at radius 3 is 2.83 bits per heavy atom. The number of hydrogen-bond donors (Lipinski definition) is 1. The predicted octanol–water partition coefficient (Wildman–Crippen LogP) is 2.62. The highest BCUT2D eigenvalue weighted by Gasteiger charge is 2.33. The van der Waals surface area contributed by atoms with E-state index in [2.05, 4.69) is 28.2 Å². The topological polar surface area (TPSA) is 38.3 Å². The van der Waals surface area contributed by atoms with Crippen molar-refractivity contribution in [2.45, 2.75) is 6.92 Å². The molecule has 0 spiro atoms. The summed E-state index contributed by atoms with van der Waals surface area (Å²) in [7, 11) is 0. The van der Waals surface area contributed by atoms with Crippen molar-refractivity contribution < 1.29 is 9.53 Å². The maximum atomic E-state index is 11.7. The maximum Gasteiger partial charge on any atom is 0.244 e. The molecule has 0 aromatic heterocycles. The van der Waals surface area contributed by atoms with E-state index in [9.17, 15) is 4.79 Å². The summed E-state index contributed by atoms with van der Waals surface area (Å²) in [4.78, 5) is 11.7. The van der Waals surface area contributed by atoms with E-state index in [1.54, 1.807) is 12.2 Å². The molecule has 4 heteroatoms. The first-order valence-electron chi connectivity index (χ1n) is 5.87. The van der Waals surface area contributed by atoms with E-state index in [0.29, 0.717) is 6.54 Å². The van der Waals surface area contributed by atoms with Gasteiger partial charge in [0.15, 0.2) is 0 Å². The first-order valence-corrected chi connectivity index (χ1v) is 6.67. The average Bonchev–Trinajstić information content (AvgIpc) is 2.33. The molecule has 0 saturated carbocycles. The number of carbonyl (C=O) groups excluding carboxylic acids is 1. The van der Waals surface area contributed by atoms with Gasteiger partial charge in [-0.3, -0.25) is 4.79 Å². The molecule has 1 aliphatic rings. The molecular formula is C14H16BrNO2. The van der Waals surface area contributed by atoms with Crippen molar-refractivity contribution >= 4 is 27.9 Å². The van der Waals surface area contributed by atoms with Crippen LogP contribution in [0.3, 0.4) is 0 Å². The van der Waals surface area contributed by atoms with E-state index < -0.39 is 0 Å². The van der Waals surface area contributed by atoms with Crippen LogP contribution in [-0.2, 0) is 9.53 Å². The average molecular weight is 310 g/mol. The van der Waals surface area contributed by atoms with Crippen LogP contribution < -0.4 is 5.32 Å². The van der Waals surface area contributed by atoms with Crippen molar-refractivity contribution in [3.05, 3.63) is 40.4 Å². The second-order valence-corrected chi connectivity index (χ2v) is 5.73. The standard InChI is InChI=1S/C14H16BrNO2/c1-14(9-18-10-14)8-16-13(17)7-6-11-4-2-3-5-12(11)15/h2-7H,8-10H2,1H3,(H,16,17). The van der Waals surface area contributed by atoms with Crippen LogP contribution in [0.5, 0.6) is 0 Å². The van der Waals surface area contributed by atoms with Crippen molar-refractivity contribution in [1.29, 1.82) is 0 Å². The molecule has 1 aliphatic heterocycles. The molecule has 0 unspecified atom stereocenters. The molecule has 1 N–H and O–H groups in total. The quantitative estimate of drug-likeness (QED) is 0.868. The fraction of sp³-hybridized carbons (Fsp3) is 0.357. The molecule has 0 atom stereocenters. The van der Waals surface area contributed by atoms with Gasteiger partial charge >= 0.3 is 0 Å². The zero-order chi connectivity index (χ0) is 13.0. The lowest BCUT2D eigenvalue weighted by molar-refractivity contribution is -0.122. The van der Waals surface area contributed by atoms with Crippen molar-refractivity contribution in [1.82, 2.24) is 5.32 Å². The molecule has 2 rings (SSSR count). The molecule has 1 aromatic carbocycles. The second kappa shape index (κ2) is 5.67. The molecule has 96 valence electrons. The van der Waals surface area contributed by atoms with Gasteiger partial charge in [-0.2, -0.15) is 0 Å². The molecule has 3 nitrogen and oxygen atoms in total. The SMILES string of the molecule is CC1(CNC(=O)C=Cc2ccccc2Br)COC1. The van der Waals surface area contributed by atoms with Crippen molar-refractivity contribution in [2.24, 2.45) is 5.41 Å². The summed E-state index contributed by atoms with van der Waals surface area (Å²) in [6, 6.07) is 7.78. The molecule has 0 aliphatic carbocycles. The minimum absolute atomic E-state index is 0.0705. The maximum absolute atomic E-state index is 11.7. The van der Waals surface area contributed by atoms with Gasteiger partial charge in [0.05, 0.1) is 13.2 Å². The van der Waals surface area contributed by atoms with Crippen molar-refractivity contribution in [3.8, 4) is 0 Å². The second-order valence-electron chi connectivity index (χ2n) is 4.88. The normalized spacial score (nSPS) is 17.4. The third-order valence-corrected chi connectivity index (χ3v) is 3.63. The highest BCUT2D eigenvalue weighted by Crippen LogP contribution is 2.25. The summed E-state index contributed by atoms with van der Waals surface area (Å²) in [6.45, 7) is 4.21. The van der Waals surface area contributed by atoms with Gasteiger partial charge in [-0.15, -0.1) is 0 Å². The number of halogens is 1. The predicted molar refractivity (Wildman–Crippen MR) is 75.1 cm³/mol. The van der Waals surface area contributed by atoms with Gasteiger partial charge in [-0.1, -0.05) is 41.1 Å². The van der Waals surface area contributed by atoms with E-state index in [0.717, 1.165) is 23.2 Å². The Hall–Kier alpha value is -1.13. The van der Waals surface area contributed by atoms with Crippen LogP contribution in [0.25, 0.3) is 6.08 Å². The Morgan fingerprint density at radius 2 is 2.22 bits per heavy atom. The third kappa shape index (κ3) is 3.43. The van der Waals surface area contributed by atoms with E-state index in [-0.39, 0.29) is 11.3 Å². The van der Waals surface area contributed by atoms with Crippen LogP contribution in [0.2, 0.25) is 0 Å². The summed E-state index contributed by atoms with van der Waals surface area (Å²) in [5.74, 6) is -0.0705. The van der Waals surface area contributed by atoms with Crippen LogP contribution in [0.15, 0.2) is 34.8 Å². The van der Waals surface area contributed by atoms with Crippen molar-refractivity contribution in [2.75, 3.05) is 19.8 Å². The van der Waals surface area contributed by atoms with Gasteiger partial charge < -0.3 is 10.1 Å². The lowest BCUT2D eigenvalue weighted by Gasteiger charge is -2.37. The number of rotatable bonds is 4. The summed E-state index contributed by atoms with van der Waals surface area (Å²) in [5, 5.41) is 2.89. The fourth-order valence-corrected chi connectivity index (χ4v) is 2.10. The molecular weight excluding hydrogens is 294 g/mol. The Balaban J connectivity index is 1.85. The van der Waals surface area contributed by atoms with Crippen molar-refractivity contribution in [3.63, 3.8) is 0 Å². The van der Waals surface area contributed by atoms with Gasteiger partial charge in [-0.25, -0.2) is 0 Å². The van der Waals surface area contributed by atoms with Crippen LogP contribution in [0, 0.1) is 5.41 Å². The van der Waals surface area contributed by atoms with Crippen LogP contribution in [0.1, 0.15) is 12.5 Å². The Kier molecular flexibility index (Phi) is 4.19. The minimum atomic E-state index is -0.0705. The van der Waals surface area contributed by atoms with Gasteiger partial charge in [0.2, 0.25) is 5.91 Å². The summed E-state index contributed by atoms with van der Waals surface area (Å²) in [5.41, 5.74) is 1.10. The van der Waals surface area contributed by atoms with Crippen LogP contribution >= 0.6 is 15.9 Å². The lowest BCUT2D eigenvalue weighted by atomic mass is 9.89. The van der Waals surface area contributed by atoms with Crippen LogP contribution in [-0.4, -0.2) is 25.7 Å². The summed E-state index contributed by atoms with van der Waals surface area (Å²) >= 11 is 3.44. The van der Waals surface area contributed by atoms with Gasteiger partial charge in [0.25, 0.3) is 0 Å². The Labute approximate surface area is 115 Å². The summed E-state index contributed by atoms with van der Waals surface area (Å²) < 4.78 is 6.12. The fourth-order valence-electron chi connectivity index (χ4n) is 1.69. The number of amides is 1. The molecule has 1 saturated heterocycles. The van der Waals surface area contributed by atoms with Crippen LogP contribution in [0.4, 0.5) is 0 Å². The van der Waals surface area contributed by atoms with E-state index >= 15 is 0 Å². The lowest BCUT2D eigenvalue weighted by Crippen LogP contribution is -2.48. The minimum Gasteiger partial charge on any atom is -0.380 e. The molecule has 1 amide bonds. The molecule has 1 aromatic rings. The zero-order valence-corrected chi connectivity index (χ0v) is 11.9. The number of ether oxygens (including phenoxy) is 1. The number of benzene rings is 1. The van der Waals surface area contributed by atoms with Gasteiger partial charge in [0, 0.05) is 22.5 Å². The smallest absolute Gasteiger partial charge is 0.244 e. The molecule has 0 radical (unpaired) electrons. The van der Waals surface area contributed by atoms with Gasteiger partial charge in [-0.05, 0) is 17.7 Å². The molecule has 0 bridgehead atoms. The van der Waals surface area contributed by atoms with E-state index in [1.165, 1.54) is 0 Å². The first kappa shape index (κ1) is 13.3. The molecule has 1 heterocycles. The zero-order valence-electron chi connectivity index (χ0n) is 10.3. The highest BCUT2D eigenvalue weighted by atomic mass is 79.9. The number of hydrogen-bond acceptors (Lipinski definition) is 2. The molecule has 18 heavy (non-hydrogen) atoms. The highest BCUT2D eigenvalue weighted by molar-refractivity contribution is 9.10. The third-order valence-electron chi connectivity index (χ3n) is 2.91. The Morgan fingerprint density at radius 1 is 1.50 bits per heavy atom. The largest absolute Gasteiger partial charge is 0.380 e. The van der Waals surface area contributed by atoms with Gasteiger partial charge in [0.1, 0.15) is 0 Å². The first-order chi connectivity index (χ1) is 8.59. The van der Waals surface area contributed by atoms with E-state index in [4.69, 9.17) is 4.74 Å². The van der Waals surface area contributed by atoms with E-state index in [1.807, 2.05) is 24.3 Å².